The van der Waals surface area contributed by atoms with E-state index in [2.05, 4.69) is 21.9 Å². The zero-order valence-corrected chi connectivity index (χ0v) is 8.58. The van der Waals surface area contributed by atoms with Crippen molar-refractivity contribution in [3.63, 3.8) is 0 Å². The van der Waals surface area contributed by atoms with E-state index in [1.807, 2.05) is 0 Å². The molecule has 1 aromatic heterocycles. The molecule has 2 rings (SSSR count). The molecule has 2 heterocycles. The minimum absolute atomic E-state index is 0.246. The largest absolute Gasteiger partial charge is 0.396 e. The molecule has 1 aromatic rings. The van der Waals surface area contributed by atoms with Crippen LogP contribution in [0.25, 0.3) is 0 Å². The molecule has 0 aromatic carbocycles. The van der Waals surface area contributed by atoms with Crippen LogP contribution >= 0.6 is 0 Å². The van der Waals surface area contributed by atoms with Crippen molar-refractivity contribution in [1.29, 1.82) is 0 Å². The van der Waals surface area contributed by atoms with Gasteiger partial charge >= 0.3 is 0 Å². The highest BCUT2D eigenvalue weighted by atomic mass is 16.2. The Balaban J connectivity index is 2.20. The predicted molar refractivity (Wildman–Crippen MR) is 54.0 cm³/mol. The molecule has 0 aliphatic carbocycles. The van der Waals surface area contributed by atoms with Crippen molar-refractivity contribution in [2.45, 2.75) is 25.8 Å². The van der Waals surface area contributed by atoms with Gasteiger partial charge in [0.05, 0.1) is 5.69 Å². The highest BCUT2D eigenvalue weighted by molar-refractivity contribution is 5.19. The van der Waals surface area contributed by atoms with Gasteiger partial charge in [-0.3, -0.25) is 0 Å². The molecule has 1 aliphatic heterocycles. The maximum Gasteiger partial charge on any atom is 0.109 e. The number of hydrogen-bond donors (Lipinski definition) is 2. The molecule has 0 radical (unpaired) electrons. The lowest BCUT2D eigenvalue weighted by atomic mass is 10.2. The summed E-state index contributed by atoms with van der Waals surface area (Å²) >= 11 is 0. The van der Waals surface area contributed by atoms with Crippen LogP contribution in [0.3, 0.4) is 0 Å². The molecule has 4 heteroatoms. The number of nitrogens with one attached hydrogen (secondary N) is 1. The molecule has 78 valence electrons. The maximum atomic E-state index is 8.77. The second-order valence-electron chi connectivity index (χ2n) is 3.73. The van der Waals surface area contributed by atoms with Gasteiger partial charge in [-0.1, -0.05) is 0 Å². The van der Waals surface area contributed by atoms with Gasteiger partial charge in [0.25, 0.3) is 0 Å². The zero-order chi connectivity index (χ0) is 9.97. The van der Waals surface area contributed by atoms with E-state index in [0.29, 0.717) is 0 Å². The van der Waals surface area contributed by atoms with E-state index in [1.54, 1.807) is 0 Å². The minimum atomic E-state index is 0.246. The van der Waals surface area contributed by atoms with Crippen LogP contribution in [0.15, 0.2) is 0 Å². The molecule has 0 spiro atoms. The van der Waals surface area contributed by atoms with Gasteiger partial charge in [0.2, 0.25) is 0 Å². The summed E-state index contributed by atoms with van der Waals surface area (Å²) in [6, 6.07) is 0. The van der Waals surface area contributed by atoms with Crippen molar-refractivity contribution < 1.29 is 5.11 Å². The fraction of sp³-hybridized carbons (Fsp3) is 0.700. The van der Waals surface area contributed by atoms with Gasteiger partial charge in [-0.15, -0.1) is 0 Å². The quantitative estimate of drug-likeness (QED) is 0.713. The van der Waals surface area contributed by atoms with Crippen LogP contribution in [0.1, 0.15) is 23.6 Å². The molecule has 0 saturated heterocycles. The average molecular weight is 195 g/mol. The number of imidazole rings is 1. The van der Waals surface area contributed by atoms with Gasteiger partial charge in [0.15, 0.2) is 0 Å². The molecule has 0 atom stereocenters. The lowest BCUT2D eigenvalue weighted by Crippen LogP contribution is -2.24. The van der Waals surface area contributed by atoms with Crippen LogP contribution in [-0.4, -0.2) is 27.8 Å². The Hall–Kier alpha value is -0.870. The summed E-state index contributed by atoms with van der Waals surface area (Å²) in [7, 11) is 2.07. The molecule has 0 bridgehead atoms. The molecular weight excluding hydrogens is 178 g/mol. The van der Waals surface area contributed by atoms with Gasteiger partial charge in [-0.25, -0.2) is 4.98 Å². The number of fused-ring (bicyclic) bond motifs is 1. The second-order valence-corrected chi connectivity index (χ2v) is 3.73. The third-order valence-corrected chi connectivity index (χ3v) is 2.78. The van der Waals surface area contributed by atoms with E-state index >= 15 is 0 Å². The first kappa shape index (κ1) is 9.68. The number of aromatic nitrogens is 2. The Bertz CT molecular complexity index is 319. The molecule has 2 N–H and O–H groups in total. The van der Waals surface area contributed by atoms with Crippen molar-refractivity contribution in [2.75, 3.05) is 13.2 Å². The van der Waals surface area contributed by atoms with Crippen LogP contribution in [0, 0.1) is 0 Å². The van der Waals surface area contributed by atoms with Crippen molar-refractivity contribution in [3.05, 3.63) is 17.2 Å². The number of nitrogens with zero attached hydrogens (tertiary/aromatic N) is 2. The monoisotopic (exact) mass is 195 g/mol. The number of hydrogen-bond acceptors (Lipinski definition) is 3. The summed E-state index contributed by atoms with van der Waals surface area (Å²) in [5.74, 6) is 1.10. The molecule has 4 nitrogen and oxygen atoms in total. The minimum Gasteiger partial charge on any atom is -0.396 e. The molecular formula is C10H17N3O. The van der Waals surface area contributed by atoms with E-state index < -0.39 is 0 Å². The molecule has 1 aliphatic rings. The number of aryl methyl sites for hydroxylation is 1. The Kier molecular flexibility index (Phi) is 2.84. The van der Waals surface area contributed by atoms with Crippen LogP contribution in [0.2, 0.25) is 0 Å². The topological polar surface area (TPSA) is 50.1 Å². The number of aliphatic hydroxyl groups excluding tert-OH is 1. The van der Waals surface area contributed by atoms with E-state index in [0.717, 1.165) is 38.2 Å². The van der Waals surface area contributed by atoms with Crippen molar-refractivity contribution in [3.8, 4) is 0 Å². The molecule has 0 saturated carbocycles. The first-order valence-electron chi connectivity index (χ1n) is 5.18. The SMILES string of the molecule is Cn1c(CCCO)nc2c1CCNC2. The van der Waals surface area contributed by atoms with Gasteiger partial charge in [-0.2, -0.15) is 0 Å². The van der Waals surface area contributed by atoms with Gasteiger partial charge in [0, 0.05) is 45.3 Å². The zero-order valence-electron chi connectivity index (χ0n) is 8.58. The highest BCUT2D eigenvalue weighted by Gasteiger charge is 2.16. The van der Waals surface area contributed by atoms with Crippen molar-refractivity contribution >= 4 is 0 Å². The third kappa shape index (κ3) is 1.67. The lowest BCUT2D eigenvalue weighted by Gasteiger charge is -2.12. The van der Waals surface area contributed by atoms with E-state index in [9.17, 15) is 0 Å². The maximum absolute atomic E-state index is 8.77. The lowest BCUT2D eigenvalue weighted by molar-refractivity contribution is 0.287. The van der Waals surface area contributed by atoms with Gasteiger partial charge < -0.3 is 15.0 Å². The summed E-state index contributed by atoms with van der Waals surface area (Å²) < 4.78 is 2.19. The van der Waals surface area contributed by atoms with Crippen LogP contribution in [0.4, 0.5) is 0 Å². The Morgan fingerprint density at radius 3 is 3.14 bits per heavy atom. The summed E-state index contributed by atoms with van der Waals surface area (Å²) in [5.41, 5.74) is 2.54. The summed E-state index contributed by atoms with van der Waals surface area (Å²) in [6.07, 6.45) is 2.75. The number of aliphatic hydroxyl groups is 1. The Labute approximate surface area is 84.0 Å². The highest BCUT2D eigenvalue weighted by Crippen LogP contribution is 2.15. The number of rotatable bonds is 3. The third-order valence-electron chi connectivity index (χ3n) is 2.78. The molecule has 0 fully saturated rings. The van der Waals surface area contributed by atoms with Gasteiger partial charge in [-0.05, 0) is 6.42 Å². The van der Waals surface area contributed by atoms with Crippen molar-refractivity contribution in [1.82, 2.24) is 14.9 Å². The van der Waals surface area contributed by atoms with Crippen LogP contribution in [0.5, 0.6) is 0 Å². The second kappa shape index (κ2) is 4.11. The average Bonchev–Trinajstić information content (AvgIpc) is 2.54. The first-order valence-corrected chi connectivity index (χ1v) is 5.18. The molecule has 0 unspecified atom stereocenters. The smallest absolute Gasteiger partial charge is 0.109 e. The van der Waals surface area contributed by atoms with E-state index in [1.165, 1.54) is 11.4 Å². The fourth-order valence-electron chi connectivity index (χ4n) is 1.97. The Morgan fingerprint density at radius 2 is 2.43 bits per heavy atom. The van der Waals surface area contributed by atoms with E-state index in [-0.39, 0.29) is 6.61 Å². The van der Waals surface area contributed by atoms with Crippen molar-refractivity contribution in [2.24, 2.45) is 7.05 Å². The standard InChI is InChI=1S/C10H17N3O/c1-13-9-4-5-11-7-8(9)12-10(13)3-2-6-14/h11,14H,2-7H2,1H3. The summed E-state index contributed by atoms with van der Waals surface area (Å²) in [6.45, 7) is 2.18. The summed E-state index contributed by atoms with van der Waals surface area (Å²) in [4.78, 5) is 4.58. The van der Waals surface area contributed by atoms with E-state index in [4.69, 9.17) is 5.11 Å². The normalized spacial score (nSPS) is 15.6. The first-order chi connectivity index (χ1) is 6.83. The van der Waals surface area contributed by atoms with Crippen LogP contribution < -0.4 is 5.32 Å². The Morgan fingerprint density at radius 1 is 1.57 bits per heavy atom. The summed E-state index contributed by atoms with van der Waals surface area (Å²) in [5, 5.41) is 12.1. The van der Waals surface area contributed by atoms with Gasteiger partial charge in [0.1, 0.15) is 5.82 Å². The molecule has 14 heavy (non-hydrogen) atoms. The fourth-order valence-corrected chi connectivity index (χ4v) is 1.97. The van der Waals surface area contributed by atoms with Crippen LogP contribution in [-0.2, 0) is 26.4 Å². The molecule has 0 amide bonds. The predicted octanol–water partition coefficient (Wildman–Crippen LogP) is -0.00930.